The molecule has 0 radical (unpaired) electrons. The Morgan fingerprint density at radius 1 is 1.11 bits per heavy atom. The lowest BCUT2D eigenvalue weighted by Gasteiger charge is -2.36. The molecule has 0 saturated carbocycles. The van der Waals surface area contributed by atoms with Crippen LogP contribution in [0.1, 0.15) is 36.7 Å². The Kier molecular flexibility index (Phi) is 4.01. The summed E-state index contributed by atoms with van der Waals surface area (Å²) in [5.74, 6) is 1.29. The van der Waals surface area contributed by atoms with E-state index >= 15 is 0 Å². The Morgan fingerprint density at radius 3 is 2.43 bits per heavy atom. The molecule has 2 heterocycles. The first kappa shape index (κ1) is 18.5. The molecule has 4 rings (SSSR count). The van der Waals surface area contributed by atoms with Gasteiger partial charge in [0.1, 0.15) is 5.75 Å². The Labute approximate surface area is 166 Å². The smallest absolute Gasteiger partial charge is 0.264 e. The van der Waals surface area contributed by atoms with Crippen LogP contribution in [-0.4, -0.2) is 24.4 Å². The van der Waals surface area contributed by atoms with Gasteiger partial charge >= 0.3 is 0 Å². The molecule has 2 aromatic carbocycles. The number of hydrogen-bond acceptors (Lipinski definition) is 3. The predicted octanol–water partition coefficient (Wildman–Crippen LogP) is 5.58. The first-order valence-corrected chi connectivity index (χ1v) is 12.3. The van der Waals surface area contributed by atoms with Gasteiger partial charge in [0, 0.05) is 22.6 Å². The van der Waals surface area contributed by atoms with Crippen LogP contribution in [-0.2, 0) is 0 Å². The van der Waals surface area contributed by atoms with Gasteiger partial charge in [-0.1, -0.05) is 45.5 Å². The third kappa shape index (κ3) is 2.76. The van der Waals surface area contributed by atoms with Gasteiger partial charge in [-0.25, -0.2) is 0 Å². The van der Waals surface area contributed by atoms with E-state index in [4.69, 9.17) is 4.43 Å². The molecule has 6 heteroatoms. The molecule has 1 aliphatic heterocycles. The highest BCUT2D eigenvalue weighted by Crippen LogP contribution is 2.40. The third-order valence-corrected chi connectivity index (χ3v) is 10.2. The standard InChI is InChI=1S/C22H25N3O2Si/c1-14-16-9-7-8-10-17(16)21(26)25(14)20-18-12-11-15(13-19(18)23-24-20)27-28(5,6)22(2,3)4/h7-13H,1H2,2-6H3,(H,23,24). The van der Waals surface area contributed by atoms with Gasteiger partial charge in [0.25, 0.3) is 5.91 Å². The summed E-state index contributed by atoms with van der Waals surface area (Å²) in [6.45, 7) is 15.2. The molecule has 3 aromatic rings. The minimum atomic E-state index is -1.93. The molecular weight excluding hydrogens is 366 g/mol. The van der Waals surface area contributed by atoms with Crippen LogP contribution in [0.5, 0.6) is 5.75 Å². The van der Waals surface area contributed by atoms with E-state index in [0.29, 0.717) is 17.1 Å². The van der Waals surface area contributed by atoms with E-state index in [0.717, 1.165) is 22.2 Å². The summed E-state index contributed by atoms with van der Waals surface area (Å²) in [6, 6.07) is 13.4. The monoisotopic (exact) mass is 391 g/mol. The molecule has 0 spiro atoms. The first-order chi connectivity index (χ1) is 13.1. The van der Waals surface area contributed by atoms with Gasteiger partial charge in [-0.3, -0.25) is 14.8 Å². The van der Waals surface area contributed by atoms with E-state index in [1.165, 1.54) is 0 Å². The molecule has 0 fully saturated rings. The zero-order valence-electron chi connectivity index (χ0n) is 17.0. The van der Waals surface area contributed by atoms with Crippen molar-refractivity contribution in [2.75, 3.05) is 4.90 Å². The van der Waals surface area contributed by atoms with Gasteiger partial charge in [0.15, 0.2) is 5.82 Å². The highest BCUT2D eigenvalue weighted by Gasteiger charge is 2.39. The second-order valence-electron chi connectivity index (χ2n) is 8.75. The average Bonchev–Trinajstić information content (AvgIpc) is 3.13. The predicted molar refractivity (Wildman–Crippen MR) is 116 cm³/mol. The van der Waals surface area contributed by atoms with E-state index in [-0.39, 0.29) is 10.9 Å². The topological polar surface area (TPSA) is 58.2 Å². The van der Waals surface area contributed by atoms with E-state index in [1.807, 2.05) is 42.5 Å². The van der Waals surface area contributed by atoms with E-state index in [9.17, 15) is 4.79 Å². The van der Waals surface area contributed by atoms with Gasteiger partial charge in [-0.2, -0.15) is 5.10 Å². The van der Waals surface area contributed by atoms with Gasteiger partial charge < -0.3 is 4.43 Å². The second kappa shape index (κ2) is 6.07. The fraction of sp³-hybridized carbons (Fsp3) is 0.273. The maximum absolute atomic E-state index is 12.9. The number of aromatic nitrogens is 2. The lowest BCUT2D eigenvalue weighted by molar-refractivity contribution is 0.101. The number of rotatable bonds is 3. The number of anilines is 1. The maximum Gasteiger partial charge on any atom is 0.264 e. The summed E-state index contributed by atoms with van der Waals surface area (Å²) < 4.78 is 6.40. The molecule has 0 unspecified atom stereocenters. The number of nitrogens with one attached hydrogen (secondary N) is 1. The van der Waals surface area contributed by atoms with E-state index in [1.54, 1.807) is 4.90 Å². The van der Waals surface area contributed by atoms with Crippen molar-refractivity contribution in [2.45, 2.75) is 38.9 Å². The zero-order chi connectivity index (χ0) is 20.3. The average molecular weight is 392 g/mol. The highest BCUT2D eigenvalue weighted by atomic mass is 28.4. The molecule has 0 saturated heterocycles. The summed E-state index contributed by atoms with van der Waals surface area (Å²) in [5.41, 5.74) is 2.99. The summed E-state index contributed by atoms with van der Waals surface area (Å²) >= 11 is 0. The molecule has 5 nitrogen and oxygen atoms in total. The summed E-state index contributed by atoms with van der Waals surface area (Å²) in [6.07, 6.45) is 0. The number of carbonyl (C=O) groups excluding carboxylic acids is 1. The van der Waals surface area contributed by atoms with Crippen LogP contribution in [0.15, 0.2) is 49.0 Å². The normalized spacial score (nSPS) is 14.7. The molecule has 1 N–H and O–H groups in total. The number of nitrogens with zero attached hydrogens (tertiary/aromatic N) is 2. The quantitative estimate of drug-likeness (QED) is 0.593. The van der Waals surface area contributed by atoms with Crippen LogP contribution in [0.3, 0.4) is 0 Å². The molecule has 1 aromatic heterocycles. The number of benzene rings is 2. The van der Waals surface area contributed by atoms with Crippen molar-refractivity contribution >= 4 is 36.6 Å². The minimum Gasteiger partial charge on any atom is -0.543 e. The van der Waals surface area contributed by atoms with Crippen LogP contribution >= 0.6 is 0 Å². The number of carbonyl (C=O) groups is 1. The molecule has 0 atom stereocenters. The second-order valence-corrected chi connectivity index (χ2v) is 13.5. The Bertz CT molecular complexity index is 1070. The Hall–Kier alpha value is -2.86. The zero-order valence-corrected chi connectivity index (χ0v) is 18.0. The van der Waals surface area contributed by atoms with Crippen molar-refractivity contribution in [2.24, 2.45) is 0 Å². The van der Waals surface area contributed by atoms with Crippen LogP contribution in [0.25, 0.3) is 16.6 Å². The van der Waals surface area contributed by atoms with Crippen molar-refractivity contribution in [1.29, 1.82) is 0 Å². The number of H-pyrrole nitrogens is 1. The van der Waals surface area contributed by atoms with Gasteiger partial charge in [0.2, 0.25) is 8.32 Å². The lowest BCUT2D eigenvalue weighted by Crippen LogP contribution is -2.43. The van der Waals surface area contributed by atoms with Crippen LogP contribution in [0.2, 0.25) is 18.1 Å². The van der Waals surface area contributed by atoms with Crippen molar-refractivity contribution in [3.05, 3.63) is 60.2 Å². The fourth-order valence-corrected chi connectivity index (χ4v) is 4.20. The summed E-state index contributed by atoms with van der Waals surface area (Å²) in [5, 5.41) is 8.45. The van der Waals surface area contributed by atoms with Crippen molar-refractivity contribution in [3.63, 3.8) is 0 Å². The fourth-order valence-electron chi connectivity index (χ4n) is 3.17. The molecule has 1 amide bonds. The van der Waals surface area contributed by atoms with Crippen molar-refractivity contribution < 1.29 is 9.22 Å². The maximum atomic E-state index is 12.9. The molecule has 0 aliphatic carbocycles. The summed E-state index contributed by atoms with van der Waals surface area (Å²) in [7, 11) is -1.93. The first-order valence-electron chi connectivity index (χ1n) is 9.40. The molecule has 0 bridgehead atoms. The van der Waals surface area contributed by atoms with Gasteiger partial charge in [-0.15, -0.1) is 0 Å². The van der Waals surface area contributed by atoms with Crippen LogP contribution in [0, 0.1) is 0 Å². The lowest BCUT2D eigenvalue weighted by atomic mass is 10.1. The van der Waals surface area contributed by atoms with Crippen molar-refractivity contribution in [3.8, 4) is 5.75 Å². The largest absolute Gasteiger partial charge is 0.543 e. The van der Waals surface area contributed by atoms with Crippen LogP contribution in [0.4, 0.5) is 5.82 Å². The molecule has 1 aliphatic rings. The Balaban J connectivity index is 1.70. The SMILES string of the molecule is C=C1c2ccccc2C(=O)N1c1n[nH]c2cc(O[Si](C)(C)C(C)(C)C)ccc12. The molecular formula is C22H25N3O2Si. The van der Waals surface area contributed by atoms with Gasteiger partial charge in [0.05, 0.1) is 11.2 Å². The third-order valence-electron chi connectivity index (χ3n) is 5.85. The Morgan fingerprint density at radius 2 is 1.79 bits per heavy atom. The van der Waals surface area contributed by atoms with Crippen molar-refractivity contribution in [1.82, 2.24) is 10.2 Å². The number of aromatic amines is 1. The van der Waals surface area contributed by atoms with Crippen LogP contribution < -0.4 is 9.33 Å². The number of hydrogen-bond donors (Lipinski definition) is 1. The summed E-state index contributed by atoms with van der Waals surface area (Å²) in [4.78, 5) is 14.5. The van der Waals surface area contributed by atoms with Gasteiger partial charge in [-0.05, 0) is 36.3 Å². The number of fused-ring (bicyclic) bond motifs is 2. The molecule has 28 heavy (non-hydrogen) atoms. The number of amides is 1. The highest BCUT2D eigenvalue weighted by molar-refractivity contribution is 6.74. The molecule has 144 valence electrons. The van der Waals surface area contributed by atoms with E-state index < -0.39 is 8.32 Å². The minimum absolute atomic E-state index is 0.101. The van der Waals surface area contributed by atoms with E-state index in [2.05, 4.69) is 50.6 Å².